The van der Waals surface area contributed by atoms with E-state index in [0.29, 0.717) is 25.8 Å². The zero-order valence-corrected chi connectivity index (χ0v) is 7.42. The standard InChI is InChI=1S/C8H16O3/c1-4-9-7-8(10-5-2)11-6-3/h7H,4-6H2,1-3H3. The Hall–Kier alpha value is -0.860. The second kappa shape index (κ2) is 7.25. The van der Waals surface area contributed by atoms with Crippen LogP contribution in [-0.2, 0) is 14.2 Å². The molecular formula is C8H16O3. The number of ether oxygens (including phenoxy) is 3. The fourth-order valence-electron chi connectivity index (χ4n) is 0.546. The van der Waals surface area contributed by atoms with E-state index in [0.717, 1.165) is 0 Å². The zero-order valence-electron chi connectivity index (χ0n) is 7.42. The molecule has 66 valence electrons. The minimum Gasteiger partial charge on any atom is -0.494 e. The van der Waals surface area contributed by atoms with E-state index >= 15 is 0 Å². The molecule has 0 rings (SSSR count). The highest BCUT2D eigenvalue weighted by molar-refractivity contribution is 4.74. The van der Waals surface area contributed by atoms with Gasteiger partial charge in [-0.2, -0.15) is 0 Å². The first-order valence-electron chi connectivity index (χ1n) is 3.92. The molecule has 0 N–H and O–H groups in total. The summed E-state index contributed by atoms with van der Waals surface area (Å²) in [7, 11) is 0. The van der Waals surface area contributed by atoms with Crippen LogP contribution < -0.4 is 0 Å². The molecule has 0 unspecified atom stereocenters. The number of hydrogen-bond acceptors (Lipinski definition) is 3. The molecule has 0 spiro atoms. The molecule has 3 heteroatoms. The Labute approximate surface area is 67.9 Å². The van der Waals surface area contributed by atoms with Crippen LogP contribution in [0.15, 0.2) is 12.2 Å². The fourth-order valence-corrected chi connectivity index (χ4v) is 0.546. The van der Waals surface area contributed by atoms with Crippen molar-refractivity contribution in [3.63, 3.8) is 0 Å². The van der Waals surface area contributed by atoms with Gasteiger partial charge in [-0.25, -0.2) is 0 Å². The molecule has 0 aliphatic carbocycles. The van der Waals surface area contributed by atoms with Gasteiger partial charge in [-0.1, -0.05) is 0 Å². The summed E-state index contributed by atoms with van der Waals surface area (Å²) in [6, 6.07) is 0. The van der Waals surface area contributed by atoms with Gasteiger partial charge in [-0.05, 0) is 20.8 Å². The zero-order chi connectivity index (χ0) is 8.53. The van der Waals surface area contributed by atoms with Crippen LogP contribution >= 0.6 is 0 Å². The Morgan fingerprint density at radius 2 is 1.55 bits per heavy atom. The van der Waals surface area contributed by atoms with Crippen LogP contribution in [-0.4, -0.2) is 19.8 Å². The fraction of sp³-hybridized carbons (Fsp3) is 0.750. The average molecular weight is 160 g/mol. The van der Waals surface area contributed by atoms with Crippen LogP contribution in [0.2, 0.25) is 0 Å². The van der Waals surface area contributed by atoms with Crippen molar-refractivity contribution in [2.24, 2.45) is 0 Å². The van der Waals surface area contributed by atoms with Crippen molar-refractivity contribution in [3.8, 4) is 0 Å². The molecule has 0 radical (unpaired) electrons. The first-order chi connectivity index (χ1) is 5.35. The summed E-state index contributed by atoms with van der Waals surface area (Å²) >= 11 is 0. The van der Waals surface area contributed by atoms with Crippen molar-refractivity contribution in [1.29, 1.82) is 0 Å². The molecule has 0 aliphatic rings. The Bertz CT molecular complexity index is 102. The van der Waals surface area contributed by atoms with Crippen molar-refractivity contribution < 1.29 is 14.2 Å². The third-order valence-corrected chi connectivity index (χ3v) is 0.919. The second-order valence-corrected chi connectivity index (χ2v) is 1.76. The third-order valence-electron chi connectivity index (χ3n) is 0.919. The smallest absolute Gasteiger partial charge is 0.315 e. The van der Waals surface area contributed by atoms with Gasteiger partial charge in [0.25, 0.3) is 0 Å². The molecular weight excluding hydrogens is 144 g/mol. The lowest BCUT2D eigenvalue weighted by molar-refractivity contribution is 0.0322. The Morgan fingerprint density at radius 1 is 1.00 bits per heavy atom. The normalized spacial score (nSPS) is 8.64. The molecule has 0 heterocycles. The maximum atomic E-state index is 5.10. The quantitative estimate of drug-likeness (QED) is 0.555. The average Bonchev–Trinajstić information content (AvgIpc) is 2.01. The largest absolute Gasteiger partial charge is 0.494 e. The highest BCUT2D eigenvalue weighted by Gasteiger charge is 1.95. The van der Waals surface area contributed by atoms with Crippen LogP contribution in [0.5, 0.6) is 0 Å². The lowest BCUT2D eigenvalue weighted by Gasteiger charge is -2.07. The van der Waals surface area contributed by atoms with Gasteiger partial charge >= 0.3 is 5.95 Å². The summed E-state index contributed by atoms with van der Waals surface area (Å²) in [5, 5.41) is 0. The maximum absolute atomic E-state index is 5.10. The molecule has 0 saturated heterocycles. The highest BCUT2D eigenvalue weighted by Crippen LogP contribution is 1.99. The van der Waals surface area contributed by atoms with Crippen molar-refractivity contribution in [1.82, 2.24) is 0 Å². The molecule has 0 bridgehead atoms. The number of hydrogen-bond donors (Lipinski definition) is 0. The minimum atomic E-state index is 0.455. The van der Waals surface area contributed by atoms with Gasteiger partial charge in [-0.3, -0.25) is 0 Å². The van der Waals surface area contributed by atoms with Crippen LogP contribution in [0.25, 0.3) is 0 Å². The van der Waals surface area contributed by atoms with Gasteiger partial charge in [0.15, 0.2) is 6.26 Å². The summed E-state index contributed by atoms with van der Waals surface area (Å²) in [5.74, 6) is 0.455. The lowest BCUT2D eigenvalue weighted by Crippen LogP contribution is -1.98. The third kappa shape index (κ3) is 5.58. The van der Waals surface area contributed by atoms with E-state index in [1.807, 2.05) is 20.8 Å². The van der Waals surface area contributed by atoms with Crippen LogP contribution in [0.4, 0.5) is 0 Å². The maximum Gasteiger partial charge on any atom is 0.315 e. The predicted octanol–water partition coefficient (Wildman–Crippen LogP) is 1.89. The molecule has 0 saturated carbocycles. The molecule has 0 fully saturated rings. The summed E-state index contributed by atoms with van der Waals surface area (Å²) in [6.07, 6.45) is 1.49. The summed E-state index contributed by atoms with van der Waals surface area (Å²) < 4.78 is 15.2. The van der Waals surface area contributed by atoms with Crippen LogP contribution in [0.1, 0.15) is 20.8 Å². The molecule has 0 aromatic carbocycles. The second-order valence-electron chi connectivity index (χ2n) is 1.76. The molecule has 0 amide bonds. The van der Waals surface area contributed by atoms with E-state index in [9.17, 15) is 0 Å². The van der Waals surface area contributed by atoms with E-state index in [2.05, 4.69) is 0 Å². The van der Waals surface area contributed by atoms with Crippen molar-refractivity contribution in [2.75, 3.05) is 19.8 Å². The van der Waals surface area contributed by atoms with E-state index < -0.39 is 0 Å². The van der Waals surface area contributed by atoms with Gasteiger partial charge < -0.3 is 14.2 Å². The van der Waals surface area contributed by atoms with Crippen molar-refractivity contribution in [2.45, 2.75) is 20.8 Å². The van der Waals surface area contributed by atoms with E-state index in [4.69, 9.17) is 14.2 Å². The van der Waals surface area contributed by atoms with Crippen molar-refractivity contribution >= 4 is 0 Å². The minimum absolute atomic E-state index is 0.455. The topological polar surface area (TPSA) is 27.7 Å². The Balaban J connectivity index is 3.66. The summed E-state index contributed by atoms with van der Waals surface area (Å²) in [4.78, 5) is 0. The van der Waals surface area contributed by atoms with Crippen LogP contribution in [0, 0.1) is 0 Å². The Kier molecular flexibility index (Phi) is 6.68. The molecule has 0 aliphatic heterocycles. The predicted molar refractivity (Wildman–Crippen MR) is 43.0 cm³/mol. The Morgan fingerprint density at radius 3 is 1.91 bits per heavy atom. The molecule has 0 aromatic heterocycles. The van der Waals surface area contributed by atoms with Gasteiger partial charge in [0.2, 0.25) is 0 Å². The molecule has 3 nitrogen and oxygen atoms in total. The van der Waals surface area contributed by atoms with E-state index in [1.54, 1.807) is 0 Å². The summed E-state index contributed by atoms with van der Waals surface area (Å²) in [5.41, 5.74) is 0. The van der Waals surface area contributed by atoms with E-state index in [1.165, 1.54) is 6.26 Å². The first-order valence-corrected chi connectivity index (χ1v) is 3.92. The monoisotopic (exact) mass is 160 g/mol. The lowest BCUT2D eigenvalue weighted by atomic mass is 10.8. The number of rotatable bonds is 6. The van der Waals surface area contributed by atoms with E-state index in [-0.39, 0.29) is 0 Å². The van der Waals surface area contributed by atoms with Gasteiger partial charge in [0.1, 0.15) is 0 Å². The van der Waals surface area contributed by atoms with Crippen LogP contribution in [0.3, 0.4) is 0 Å². The van der Waals surface area contributed by atoms with Gasteiger partial charge in [0, 0.05) is 0 Å². The SMILES string of the molecule is CCOC=C(OCC)OCC. The first kappa shape index (κ1) is 10.1. The molecule has 0 aromatic rings. The van der Waals surface area contributed by atoms with Gasteiger partial charge in [-0.15, -0.1) is 0 Å². The highest BCUT2D eigenvalue weighted by atomic mass is 16.7. The summed E-state index contributed by atoms with van der Waals surface area (Å²) in [6.45, 7) is 7.53. The molecule has 11 heavy (non-hydrogen) atoms. The molecule has 0 atom stereocenters. The van der Waals surface area contributed by atoms with Gasteiger partial charge in [0.05, 0.1) is 19.8 Å². The van der Waals surface area contributed by atoms with Crippen molar-refractivity contribution in [3.05, 3.63) is 12.2 Å².